The van der Waals surface area contributed by atoms with E-state index in [1.165, 1.54) is 0 Å². The van der Waals surface area contributed by atoms with Crippen LogP contribution in [-0.2, 0) is 23.4 Å². The molecule has 17 heavy (non-hydrogen) atoms. The Balaban J connectivity index is 3.61. The number of phosphoric ester groups is 1. The van der Waals surface area contributed by atoms with Crippen molar-refractivity contribution in [2.45, 2.75) is 13.8 Å². The Kier molecular flexibility index (Phi) is 6.74. The number of ether oxygens (including phenoxy) is 2. The Hall–Kier alpha value is -1.15. The fraction of sp³-hybridized carbons (Fsp3) is 0.714. The minimum Gasteiger partial charge on any atom is -0.444 e. The summed E-state index contributed by atoms with van der Waals surface area (Å²) in [6.07, 6.45) is -1.03. The molecule has 10 heteroatoms. The summed E-state index contributed by atoms with van der Waals surface area (Å²) in [6, 6.07) is 0. The summed E-state index contributed by atoms with van der Waals surface area (Å²) in [5.74, 6) is -0.831. The fourth-order valence-corrected chi connectivity index (χ4v) is 0.722. The van der Waals surface area contributed by atoms with E-state index in [1.54, 1.807) is 13.8 Å². The molecule has 0 heterocycles. The molecular weight excluding hydrogens is 257 g/mol. The van der Waals surface area contributed by atoms with E-state index in [0.29, 0.717) is 0 Å². The van der Waals surface area contributed by atoms with Gasteiger partial charge in [0.2, 0.25) is 6.79 Å². The molecule has 0 aromatic carbocycles. The quantitative estimate of drug-likeness (QED) is 0.347. The normalized spacial score (nSPS) is 11.1. The first-order chi connectivity index (χ1) is 7.72. The molecule has 9 nitrogen and oxygen atoms in total. The van der Waals surface area contributed by atoms with Crippen LogP contribution in [0.3, 0.4) is 0 Å². The van der Waals surface area contributed by atoms with E-state index in [-0.39, 0.29) is 5.92 Å². The Bertz CT molecular complexity index is 311. The average molecular weight is 271 g/mol. The van der Waals surface area contributed by atoms with E-state index in [2.05, 4.69) is 14.0 Å². The van der Waals surface area contributed by atoms with Crippen LogP contribution in [0.25, 0.3) is 0 Å². The maximum atomic E-state index is 10.9. The number of alkyl carbamates (subject to hydrolysis) is 1. The number of hydrogen-bond acceptors (Lipinski definition) is 6. The third-order valence-electron chi connectivity index (χ3n) is 1.31. The maximum absolute atomic E-state index is 10.9. The molecule has 0 rings (SSSR count). The van der Waals surface area contributed by atoms with E-state index in [4.69, 9.17) is 9.79 Å². The molecule has 0 radical (unpaired) electrons. The minimum atomic E-state index is -4.67. The van der Waals surface area contributed by atoms with Gasteiger partial charge >= 0.3 is 19.9 Å². The SMILES string of the molecule is CC(C)C(=O)OCNC(=O)OCOP(=O)(O)O. The summed E-state index contributed by atoms with van der Waals surface area (Å²) in [7, 11) is -4.67. The number of esters is 1. The van der Waals surface area contributed by atoms with Crippen molar-refractivity contribution in [3.05, 3.63) is 0 Å². The van der Waals surface area contributed by atoms with Crippen molar-refractivity contribution in [2.75, 3.05) is 13.5 Å². The van der Waals surface area contributed by atoms with Gasteiger partial charge < -0.3 is 19.3 Å². The zero-order chi connectivity index (χ0) is 13.5. The van der Waals surface area contributed by atoms with Crippen LogP contribution < -0.4 is 5.32 Å². The topological polar surface area (TPSA) is 131 Å². The fourth-order valence-electron chi connectivity index (χ4n) is 0.532. The number of phosphoric acid groups is 1. The maximum Gasteiger partial charge on any atom is 0.472 e. The second-order valence-electron chi connectivity index (χ2n) is 3.11. The van der Waals surface area contributed by atoms with Crippen molar-refractivity contribution in [1.82, 2.24) is 5.32 Å². The number of carbonyl (C=O) groups excluding carboxylic acids is 2. The highest BCUT2D eigenvalue weighted by Crippen LogP contribution is 2.35. The van der Waals surface area contributed by atoms with Gasteiger partial charge in [0.25, 0.3) is 0 Å². The number of nitrogens with one attached hydrogen (secondary N) is 1. The predicted octanol–water partition coefficient (Wildman–Crippen LogP) is -0.0639. The molecule has 3 N–H and O–H groups in total. The second-order valence-corrected chi connectivity index (χ2v) is 4.35. The predicted molar refractivity (Wildman–Crippen MR) is 53.4 cm³/mol. The third kappa shape index (κ3) is 9.76. The van der Waals surface area contributed by atoms with E-state index < -0.39 is 33.4 Å². The van der Waals surface area contributed by atoms with E-state index in [1.807, 2.05) is 5.32 Å². The van der Waals surface area contributed by atoms with Crippen LogP contribution in [0.2, 0.25) is 0 Å². The molecule has 0 aliphatic rings. The van der Waals surface area contributed by atoms with Crippen molar-refractivity contribution < 1.29 is 37.9 Å². The molecule has 0 atom stereocenters. The van der Waals surface area contributed by atoms with Crippen LogP contribution in [0.15, 0.2) is 0 Å². The van der Waals surface area contributed by atoms with Crippen LogP contribution in [0, 0.1) is 5.92 Å². The van der Waals surface area contributed by atoms with Crippen molar-refractivity contribution >= 4 is 19.9 Å². The molecular formula is C7H14NO8P. The first-order valence-electron chi connectivity index (χ1n) is 4.49. The number of carbonyl (C=O) groups is 2. The van der Waals surface area contributed by atoms with Gasteiger partial charge in [0.05, 0.1) is 5.92 Å². The zero-order valence-electron chi connectivity index (χ0n) is 9.28. The van der Waals surface area contributed by atoms with Gasteiger partial charge in [0.1, 0.15) is 0 Å². The minimum absolute atomic E-state index is 0.328. The zero-order valence-corrected chi connectivity index (χ0v) is 10.2. The van der Waals surface area contributed by atoms with Gasteiger partial charge in [-0.25, -0.2) is 13.9 Å². The largest absolute Gasteiger partial charge is 0.472 e. The Morgan fingerprint density at radius 2 is 1.88 bits per heavy atom. The molecule has 0 aliphatic carbocycles. The van der Waals surface area contributed by atoms with Crippen molar-refractivity contribution in [3.63, 3.8) is 0 Å². The number of rotatable bonds is 6. The lowest BCUT2D eigenvalue weighted by Gasteiger charge is -2.09. The highest BCUT2D eigenvalue weighted by atomic mass is 31.2. The molecule has 0 spiro atoms. The standard InChI is InChI=1S/C7H14NO8P/c1-5(2)6(9)14-3-8-7(10)15-4-16-17(11,12)13/h5H,3-4H2,1-2H3,(H,8,10)(H2,11,12,13). The lowest BCUT2D eigenvalue weighted by atomic mass is 10.2. The molecule has 100 valence electrons. The first-order valence-corrected chi connectivity index (χ1v) is 6.02. The molecule has 0 unspecified atom stereocenters. The molecule has 0 bridgehead atoms. The first kappa shape index (κ1) is 15.9. The Morgan fingerprint density at radius 3 is 2.35 bits per heavy atom. The van der Waals surface area contributed by atoms with Gasteiger partial charge in [-0.1, -0.05) is 13.8 Å². The van der Waals surface area contributed by atoms with Crippen molar-refractivity contribution in [2.24, 2.45) is 5.92 Å². The van der Waals surface area contributed by atoms with Gasteiger partial charge in [-0.15, -0.1) is 0 Å². The summed E-state index contributed by atoms with van der Waals surface area (Å²) < 4.78 is 22.8. The van der Waals surface area contributed by atoms with Gasteiger partial charge in [0.15, 0.2) is 6.73 Å². The van der Waals surface area contributed by atoms with Crippen LogP contribution in [-0.4, -0.2) is 35.4 Å². The van der Waals surface area contributed by atoms with Gasteiger partial charge in [-0.3, -0.25) is 10.1 Å². The highest BCUT2D eigenvalue weighted by molar-refractivity contribution is 7.46. The summed E-state index contributed by atoms with van der Waals surface area (Å²) in [6.45, 7) is 1.93. The summed E-state index contributed by atoms with van der Waals surface area (Å²) in [5, 5.41) is 2.02. The van der Waals surface area contributed by atoms with Crippen LogP contribution in [0.1, 0.15) is 13.8 Å². The van der Waals surface area contributed by atoms with Gasteiger partial charge in [0, 0.05) is 0 Å². The number of hydrogen-bond donors (Lipinski definition) is 3. The molecule has 0 saturated heterocycles. The van der Waals surface area contributed by atoms with E-state index >= 15 is 0 Å². The Morgan fingerprint density at radius 1 is 1.29 bits per heavy atom. The van der Waals surface area contributed by atoms with Gasteiger partial charge in [-0.05, 0) is 0 Å². The summed E-state index contributed by atoms with van der Waals surface area (Å²) in [4.78, 5) is 38.2. The molecule has 0 aromatic rings. The highest BCUT2D eigenvalue weighted by Gasteiger charge is 2.15. The molecule has 0 aromatic heterocycles. The van der Waals surface area contributed by atoms with Crippen LogP contribution in [0.4, 0.5) is 4.79 Å². The lowest BCUT2D eigenvalue weighted by molar-refractivity contribution is -0.147. The second kappa shape index (κ2) is 7.23. The smallest absolute Gasteiger partial charge is 0.444 e. The summed E-state index contributed by atoms with van der Waals surface area (Å²) in [5.41, 5.74) is 0. The Labute approximate surface area is 97.3 Å². The van der Waals surface area contributed by atoms with E-state index in [9.17, 15) is 14.2 Å². The molecule has 0 saturated carbocycles. The lowest BCUT2D eigenvalue weighted by Crippen LogP contribution is -2.29. The van der Waals surface area contributed by atoms with Crippen LogP contribution in [0.5, 0.6) is 0 Å². The number of amides is 1. The monoisotopic (exact) mass is 271 g/mol. The van der Waals surface area contributed by atoms with Gasteiger partial charge in [-0.2, -0.15) is 0 Å². The van der Waals surface area contributed by atoms with Crippen molar-refractivity contribution in [1.29, 1.82) is 0 Å². The van der Waals surface area contributed by atoms with Crippen LogP contribution >= 0.6 is 7.82 Å². The summed E-state index contributed by atoms with van der Waals surface area (Å²) >= 11 is 0. The van der Waals surface area contributed by atoms with E-state index in [0.717, 1.165) is 0 Å². The average Bonchev–Trinajstić information content (AvgIpc) is 2.15. The van der Waals surface area contributed by atoms with Crippen molar-refractivity contribution in [3.8, 4) is 0 Å². The molecule has 0 aliphatic heterocycles. The molecule has 1 amide bonds. The third-order valence-corrected chi connectivity index (χ3v) is 1.75. The molecule has 0 fully saturated rings.